The monoisotopic (exact) mass is 246 g/mol. The molecule has 0 fully saturated rings. The van der Waals surface area contributed by atoms with Gasteiger partial charge in [0.15, 0.2) is 11.3 Å². The van der Waals surface area contributed by atoms with E-state index in [0.29, 0.717) is 16.4 Å². The Balaban J connectivity index is 2.64. The molecule has 0 aliphatic rings. The lowest BCUT2D eigenvalue weighted by atomic mass is 10.1. The van der Waals surface area contributed by atoms with Crippen LogP contribution in [0, 0.1) is 0 Å². The Kier molecular flexibility index (Phi) is 2.04. The minimum absolute atomic E-state index is 0.0743. The number of para-hydroxylation sites is 1. The minimum atomic E-state index is -0.654. The van der Waals surface area contributed by atoms with E-state index in [1.165, 1.54) is 7.11 Å². The molecule has 0 aliphatic heterocycles. The van der Waals surface area contributed by atoms with E-state index in [-0.39, 0.29) is 11.3 Å². The first-order valence-corrected chi connectivity index (χ1v) is 5.27. The molecule has 0 bridgehead atoms. The third kappa shape index (κ3) is 1.15. The predicted molar refractivity (Wildman–Crippen MR) is 65.3 cm³/mol. The van der Waals surface area contributed by atoms with Crippen LogP contribution in [0.1, 0.15) is 0 Å². The van der Waals surface area contributed by atoms with Crippen molar-refractivity contribution in [3.63, 3.8) is 0 Å². The SMILES string of the molecule is COc1c(O)c(O)c(O)c2oc3ccccc3c12. The molecular formula is C13H10O5. The van der Waals surface area contributed by atoms with E-state index in [1.807, 2.05) is 0 Å². The number of methoxy groups -OCH3 is 1. The second-order valence-electron chi connectivity index (χ2n) is 3.88. The van der Waals surface area contributed by atoms with Crippen molar-refractivity contribution in [3.05, 3.63) is 24.3 Å². The van der Waals surface area contributed by atoms with Gasteiger partial charge in [-0.05, 0) is 6.07 Å². The Morgan fingerprint density at radius 1 is 1.00 bits per heavy atom. The van der Waals surface area contributed by atoms with Gasteiger partial charge in [-0.1, -0.05) is 18.2 Å². The van der Waals surface area contributed by atoms with Gasteiger partial charge in [-0.2, -0.15) is 0 Å². The van der Waals surface area contributed by atoms with E-state index in [9.17, 15) is 15.3 Å². The molecule has 5 nitrogen and oxygen atoms in total. The zero-order chi connectivity index (χ0) is 12.9. The Hall–Kier alpha value is -2.56. The molecule has 0 radical (unpaired) electrons. The molecule has 0 amide bonds. The highest BCUT2D eigenvalue weighted by atomic mass is 16.5. The van der Waals surface area contributed by atoms with E-state index in [1.54, 1.807) is 24.3 Å². The van der Waals surface area contributed by atoms with E-state index in [4.69, 9.17) is 9.15 Å². The van der Waals surface area contributed by atoms with Crippen molar-refractivity contribution < 1.29 is 24.5 Å². The molecule has 1 heterocycles. The van der Waals surface area contributed by atoms with Crippen molar-refractivity contribution in [2.45, 2.75) is 0 Å². The second kappa shape index (κ2) is 3.46. The summed E-state index contributed by atoms with van der Waals surface area (Å²) in [4.78, 5) is 0. The van der Waals surface area contributed by atoms with Crippen molar-refractivity contribution in [2.75, 3.05) is 7.11 Å². The molecule has 0 saturated carbocycles. The van der Waals surface area contributed by atoms with Gasteiger partial charge in [0.25, 0.3) is 0 Å². The summed E-state index contributed by atoms with van der Waals surface area (Å²) in [5.41, 5.74) is 0.620. The highest BCUT2D eigenvalue weighted by Gasteiger charge is 2.24. The standard InChI is InChI=1S/C13H10O5/c1-17-12-8-6-4-2-3-5-7(6)18-13(8)11(16)9(14)10(12)15/h2-5,14-16H,1H3. The van der Waals surface area contributed by atoms with Gasteiger partial charge < -0.3 is 24.5 Å². The first-order valence-electron chi connectivity index (χ1n) is 5.27. The normalized spacial score (nSPS) is 11.2. The first-order chi connectivity index (χ1) is 8.65. The summed E-state index contributed by atoms with van der Waals surface area (Å²) in [6.07, 6.45) is 0. The van der Waals surface area contributed by atoms with Crippen LogP contribution in [0.4, 0.5) is 0 Å². The van der Waals surface area contributed by atoms with Crippen LogP contribution in [0.15, 0.2) is 28.7 Å². The molecule has 0 spiro atoms. The van der Waals surface area contributed by atoms with Crippen molar-refractivity contribution in [3.8, 4) is 23.0 Å². The maximum atomic E-state index is 9.80. The molecule has 0 saturated heterocycles. The fourth-order valence-corrected chi connectivity index (χ4v) is 2.08. The fraction of sp³-hybridized carbons (Fsp3) is 0.0769. The largest absolute Gasteiger partial charge is 0.502 e. The number of phenols is 3. The lowest BCUT2D eigenvalue weighted by molar-refractivity contribution is 0.338. The van der Waals surface area contributed by atoms with Crippen LogP contribution in [-0.4, -0.2) is 22.4 Å². The van der Waals surface area contributed by atoms with Crippen molar-refractivity contribution in [1.82, 2.24) is 0 Å². The number of benzene rings is 2. The van der Waals surface area contributed by atoms with Crippen molar-refractivity contribution in [2.24, 2.45) is 0 Å². The Morgan fingerprint density at radius 3 is 2.44 bits per heavy atom. The summed E-state index contributed by atoms with van der Waals surface area (Å²) < 4.78 is 10.5. The molecule has 0 unspecified atom stereocenters. The van der Waals surface area contributed by atoms with E-state index >= 15 is 0 Å². The molecule has 0 atom stereocenters. The maximum absolute atomic E-state index is 9.80. The van der Waals surface area contributed by atoms with Crippen molar-refractivity contribution >= 4 is 21.9 Å². The number of phenolic OH excluding ortho intramolecular Hbond substituents is 3. The molecule has 0 aliphatic carbocycles. The van der Waals surface area contributed by atoms with Crippen LogP contribution in [0.25, 0.3) is 21.9 Å². The topological polar surface area (TPSA) is 83.1 Å². The molecule has 3 N–H and O–H groups in total. The highest BCUT2D eigenvalue weighted by Crippen LogP contribution is 2.51. The number of rotatable bonds is 1. The lowest BCUT2D eigenvalue weighted by Crippen LogP contribution is -1.86. The number of aromatic hydroxyl groups is 3. The van der Waals surface area contributed by atoms with Gasteiger partial charge in [0.2, 0.25) is 17.2 Å². The second-order valence-corrected chi connectivity index (χ2v) is 3.88. The molecule has 92 valence electrons. The summed E-state index contributed by atoms with van der Waals surface area (Å²) in [5, 5.41) is 30.3. The molecule has 1 aromatic heterocycles. The zero-order valence-electron chi connectivity index (χ0n) is 9.47. The molecule has 18 heavy (non-hydrogen) atoms. The van der Waals surface area contributed by atoms with E-state index in [2.05, 4.69) is 0 Å². The smallest absolute Gasteiger partial charge is 0.208 e. The van der Waals surface area contributed by atoms with Crippen molar-refractivity contribution in [1.29, 1.82) is 0 Å². The number of hydrogen-bond acceptors (Lipinski definition) is 5. The Morgan fingerprint density at radius 2 is 1.72 bits per heavy atom. The number of ether oxygens (including phenoxy) is 1. The predicted octanol–water partition coefficient (Wildman–Crippen LogP) is 2.71. The summed E-state index contributed by atoms with van der Waals surface area (Å²) >= 11 is 0. The third-order valence-corrected chi connectivity index (χ3v) is 2.91. The summed E-state index contributed by atoms with van der Waals surface area (Å²) in [7, 11) is 1.37. The fourth-order valence-electron chi connectivity index (χ4n) is 2.08. The van der Waals surface area contributed by atoms with Crippen LogP contribution in [0.3, 0.4) is 0 Å². The zero-order valence-corrected chi connectivity index (χ0v) is 9.47. The molecule has 2 aromatic carbocycles. The molecule has 3 rings (SSSR count). The molecule has 3 aromatic rings. The van der Waals surface area contributed by atoms with Crippen LogP contribution < -0.4 is 4.74 Å². The van der Waals surface area contributed by atoms with Crippen LogP contribution in [-0.2, 0) is 0 Å². The van der Waals surface area contributed by atoms with Gasteiger partial charge in [-0.15, -0.1) is 0 Å². The van der Waals surface area contributed by atoms with Gasteiger partial charge in [0, 0.05) is 5.39 Å². The summed E-state index contributed by atoms with van der Waals surface area (Å²) in [5.74, 6) is -1.59. The minimum Gasteiger partial charge on any atom is -0.502 e. The average molecular weight is 246 g/mol. The van der Waals surface area contributed by atoms with Gasteiger partial charge in [-0.25, -0.2) is 0 Å². The Bertz CT molecular complexity index is 757. The highest BCUT2D eigenvalue weighted by molar-refractivity contribution is 6.12. The maximum Gasteiger partial charge on any atom is 0.208 e. The van der Waals surface area contributed by atoms with Crippen LogP contribution in [0.2, 0.25) is 0 Å². The van der Waals surface area contributed by atoms with Gasteiger partial charge in [-0.3, -0.25) is 0 Å². The first kappa shape index (κ1) is 10.6. The Labute approximate surface area is 101 Å². The number of hydrogen-bond donors (Lipinski definition) is 3. The quantitative estimate of drug-likeness (QED) is 0.575. The summed E-state index contributed by atoms with van der Waals surface area (Å²) in [6, 6.07) is 7.09. The third-order valence-electron chi connectivity index (χ3n) is 2.91. The van der Waals surface area contributed by atoms with Crippen LogP contribution >= 0.6 is 0 Å². The lowest BCUT2D eigenvalue weighted by Gasteiger charge is -2.07. The van der Waals surface area contributed by atoms with Crippen LogP contribution in [0.5, 0.6) is 23.0 Å². The number of furan rings is 1. The molecular weight excluding hydrogens is 236 g/mol. The van der Waals surface area contributed by atoms with Gasteiger partial charge in [0.05, 0.1) is 12.5 Å². The van der Waals surface area contributed by atoms with E-state index < -0.39 is 17.2 Å². The molecule has 5 heteroatoms. The summed E-state index contributed by atoms with van der Waals surface area (Å²) in [6.45, 7) is 0. The average Bonchev–Trinajstić information content (AvgIpc) is 2.77. The van der Waals surface area contributed by atoms with Gasteiger partial charge >= 0.3 is 0 Å². The number of fused-ring (bicyclic) bond motifs is 3. The van der Waals surface area contributed by atoms with E-state index in [0.717, 1.165) is 0 Å². The van der Waals surface area contributed by atoms with Gasteiger partial charge in [0.1, 0.15) is 5.58 Å².